The molecule has 0 aromatic heterocycles. The Hall–Kier alpha value is -1.71. The molecule has 20 heavy (non-hydrogen) atoms. The Bertz CT molecular complexity index is 479. The number of phenolic OH excluding ortho intramolecular Hbond substituents is 1. The van der Waals surface area contributed by atoms with Crippen LogP contribution in [0.15, 0.2) is 12.1 Å². The smallest absolute Gasteiger partial charge is 0.341 e. The lowest BCUT2D eigenvalue weighted by Gasteiger charge is -2.20. The summed E-state index contributed by atoms with van der Waals surface area (Å²) in [5.74, 6) is -0.364. The maximum Gasteiger partial charge on any atom is 0.341 e. The number of hydrogen-bond donors (Lipinski definition) is 1. The van der Waals surface area contributed by atoms with Gasteiger partial charge in [-0.3, -0.25) is 0 Å². The number of benzene rings is 1. The van der Waals surface area contributed by atoms with Crippen molar-refractivity contribution in [2.75, 3.05) is 24.6 Å². The second kappa shape index (κ2) is 6.64. The van der Waals surface area contributed by atoms with Crippen LogP contribution in [0.1, 0.15) is 49.0 Å². The van der Waals surface area contributed by atoms with Crippen LogP contribution in [0.2, 0.25) is 0 Å². The van der Waals surface area contributed by atoms with E-state index in [0.29, 0.717) is 12.2 Å². The van der Waals surface area contributed by atoms with E-state index in [9.17, 15) is 9.90 Å². The second-order valence-corrected chi connectivity index (χ2v) is 5.17. The first-order valence-electron chi connectivity index (χ1n) is 7.45. The summed E-state index contributed by atoms with van der Waals surface area (Å²) in [4.78, 5) is 14.3. The number of phenols is 1. The number of anilines is 1. The lowest BCUT2D eigenvalue weighted by atomic mass is 10.0. The van der Waals surface area contributed by atoms with Crippen LogP contribution in [0.4, 0.5) is 5.69 Å². The molecular formula is C16H23NO3. The average Bonchev–Trinajstić information content (AvgIpc) is 2.95. The van der Waals surface area contributed by atoms with E-state index in [-0.39, 0.29) is 5.75 Å². The maximum absolute atomic E-state index is 12.0. The number of rotatable bonds is 5. The molecule has 1 aromatic carbocycles. The highest BCUT2D eigenvalue weighted by Gasteiger charge is 2.20. The lowest BCUT2D eigenvalue weighted by Crippen LogP contribution is -2.19. The number of aryl methyl sites for hydroxylation is 1. The Morgan fingerprint density at radius 1 is 1.30 bits per heavy atom. The van der Waals surface area contributed by atoms with Crippen LogP contribution >= 0.6 is 0 Å². The zero-order chi connectivity index (χ0) is 14.5. The van der Waals surface area contributed by atoms with E-state index in [2.05, 4.69) is 11.8 Å². The summed E-state index contributed by atoms with van der Waals surface area (Å²) < 4.78 is 5.04. The van der Waals surface area contributed by atoms with E-state index in [0.717, 1.165) is 37.2 Å². The van der Waals surface area contributed by atoms with Crippen LogP contribution in [0.3, 0.4) is 0 Å². The summed E-state index contributed by atoms with van der Waals surface area (Å²) in [6.07, 6.45) is 4.05. The van der Waals surface area contributed by atoms with Gasteiger partial charge in [-0.1, -0.05) is 13.3 Å². The van der Waals surface area contributed by atoms with E-state index in [1.807, 2.05) is 6.07 Å². The van der Waals surface area contributed by atoms with Crippen molar-refractivity contribution in [3.05, 3.63) is 23.3 Å². The fraction of sp³-hybridized carbons (Fsp3) is 0.562. The quantitative estimate of drug-likeness (QED) is 0.840. The van der Waals surface area contributed by atoms with Crippen LogP contribution in [0.25, 0.3) is 0 Å². The fourth-order valence-corrected chi connectivity index (χ4v) is 2.66. The van der Waals surface area contributed by atoms with Crippen molar-refractivity contribution in [2.24, 2.45) is 0 Å². The second-order valence-electron chi connectivity index (χ2n) is 5.17. The molecular weight excluding hydrogens is 254 g/mol. The highest BCUT2D eigenvalue weighted by molar-refractivity contribution is 5.94. The zero-order valence-corrected chi connectivity index (χ0v) is 12.3. The predicted octanol–water partition coefficient (Wildman–Crippen LogP) is 3.12. The van der Waals surface area contributed by atoms with Crippen LogP contribution in [0.5, 0.6) is 5.75 Å². The molecule has 4 heteroatoms. The van der Waals surface area contributed by atoms with Gasteiger partial charge in [-0.2, -0.15) is 0 Å². The van der Waals surface area contributed by atoms with Gasteiger partial charge in [0.05, 0.1) is 6.61 Å². The van der Waals surface area contributed by atoms with Crippen molar-refractivity contribution in [1.29, 1.82) is 0 Å². The molecule has 0 radical (unpaired) electrons. The summed E-state index contributed by atoms with van der Waals surface area (Å²) in [6, 6.07) is 3.77. The van der Waals surface area contributed by atoms with Gasteiger partial charge >= 0.3 is 5.97 Å². The molecule has 0 unspecified atom stereocenters. The standard InChI is InChI=1S/C16H23NO3/c1-3-7-12-10-13(17-8-5-6-9-17)11-14(15(12)18)16(19)20-4-2/h10-11,18H,3-9H2,1-2H3. The Labute approximate surface area is 120 Å². The molecule has 4 nitrogen and oxygen atoms in total. The molecule has 0 amide bonds. The molecule has 0 aliphatic carbocycles. The molecule has 1 fully saturated rings. The Morgan fingerprint density at radius 3 is 2.60 bits per heavy atom. The summed E-state index contributed by atoms with van der Waals surface area (Å²) in [5.41, 5.74) is 2.14. The molecule has 1 aliphatic rings. The van der Waals surface area contributed by atoms with Gasteiger partial charge in [0, 0.05) is 18.8 Å². The zero-order valence-electron chi connectivity index (χ0n) is 12.3. The maximum atomic E-state index is 12.0. The number of aromatic hydroxyl groups is 1. The molecule has 1 aromatic rings. The first kappa shape index (κ1) is 14.7. The van der Waals surface area contributed by atoms with Crippen molar-refractivity contribution >= 4 is 11.7 Å². The lowest BCUT2D eigenvalue weighted by molar-refractivity contribution is 0.0523. The van der Waals surface area contributed by atoms with E-state index < -0.39 is 5.97 Å². The van der Waals surface area contributed by atoms with E-state index in [1.54, 1.807) is 13.0 Å². The van der Waals surface area contributed by atoms with Gasteiger partial charge in [0.2, 0.25) is 0 Å². The van der Waals surface area contributed by atoms with Crippen molar-refractivity contribution in [3.63, 3.8) is 0 Å². The molecule has 2 rings (SSSR count). The number of nitrogens with zero attached hydrogens (tertiary/aromatic N) is 1. The third kappa shape index (κ3) is 3.06. The number of carbonyl (C=O) groups excluding carboxylic acids is 1. The molecule has 0 spiro atoms. The van der Waals surface area contributed by atoms with Crippen molar-refractivity contribution in [2.45, 2.75) is 39.5 Å². The van der Waals surface area contributed by atoms with Gasteiger partial charge in [-0.05, 0) is 43.9 Å². The number of hydrogen-bond acceptors (Lipinski definition) is 4. The molecule has 1 aliphatic heterocycles. The number of ether oxygens (including phenoxy) is 1. The molecule has 0 atom stereocenters. The summed E-state index contributed by atoms with van der Waals surface area (Å²) in [7, 11) is 0. The Morgan fingerprint density at radius 2 is 2.00 bits per heavy atom. The van der Waals surface area contributed by atoms with Crippen LogP contribution in [-0.2, 0) is 11.2 Å². The van der Waals surface area contributed by atoms with E-state index in [4.69, 9.17) is 4.74 Å². The molecule has 1 heterocycles. The van der Waals surface area contributed by atoms with Gasteiger partial charge in [0.25, 0.3) is 0 Å². The van der Waals surface area contributed by atoms with Crippen LogP contribution in [0, 0.1) is 0 Å². The van der Waals surface area contributed by atoms with Gasteiger partial charge in [0.15, 0.2) is 0 Å². The normalized spacial score (nSPS) is 14.6. The Kier molecular flexibility index (Phi) is 4.88. The molecule has 1 N–H and O–H groups in total. The number of esters is 1. The third-order valence-electron chi connectivity index (χ3n) is 3.66. The highest BCUT2D eigenvalue weighted by Crippen LogP contribution is 2.32. The van der Waals surface area contributed by atoms with E-state index in [1.165, 1.54) is 12.8 Å². The first-order chi connectivity index (χ1) is 9.67. The van der Waals surface area contributed by atoms with Gasteiger partial charge in [0.1, 0.15) is 11.3 Å². The fourth-order valence-electron chi connectivity index (χ4n) is 2.66. The minimum atomic E-state index is -0.441. The SMILES string of the molecule is CCCc1cc(N2CCCC2)cc(C(=O)OCC)c1O. The topological polar surface area (TPSA) is 49.8 Å². The largest absolute Gasteiger partial charge is 0.507 e. The predicted molar refractivity (Wildman–Crippen MR) is 79.5 cm³/mol. The van der Waals surface area contributed by atoms with Crippen LogP contribution in [-0.4, -0.2) is 30.8 Å². The summed E-state index contributed by atoms with van der Waals surface area (Å²) >= 11 is 0. The molecule has 0 saturated carbocycles. The van der Waals surface area contributed by atoms with Crippen molar-refractivity contribution in [3.8, 4) is 5.75 Å². The molecule has 0 bridgehead atoms. The van der Waals surface area contributed by atoms with Gasteiger partial charge in [-0.25, -0.2) is 4.79 Å². The van der Waals surface area contributed by atoms with E-state index >= 15 is 0 Å². The number of carbonyl (C=O) groups is 1. The van der Waals surface area contributed by atoms with Crippen LogP contribution < -0.4 is 4.90 Å². The highest BCUT2D eigenvalue weighted by atomic mass is 16.5. The third-order valence-corrected chi connectivity index (χ3v) is 3.66. The molecule has 110 valence electrons. The van der Waals surface area contributed by atoms with Crippen molar-refractivity contribution < 1.29 is 14.6 Å². The van der Waals surface area contributed by atoms with Gasteiger partial charge < -0.3 is 14.7 Å². The Balaban J connectivity index is 2.39. The van der Waals surface area contributed by atoms with Gasteiger partial charge in [-0.15, -0.1) is 0 Å². The minimum Gasteiger partial charge on any atom is -0.507 e. The summed E-state index contributed by atoms with van der Waals surface area (Å²) in [5, 5.41) is 10.3. The molecule has 1 saturated heterocycles. The van der Waals surface area contributed by atoms with Crippen molar-refractivity contribution in [1.82, 2.24) is 0 Å². The minimum absolute atomic E-state index is 0.0771. The first-order valence-corrected chi connectivity index (χ1v) is 7.45. The average molecular weight is 277 g/mol. The monoisotopic (exact) mass is 277 g/mol. The summed E-state index contributed by atoms with van der Waals surface area (Å²) in [6.45, 7) is 6.17.